The Labute approximate surface area is 132 Å². The molecule has 3 N–H and O–H groups in total. The fourth-order valence-corrected chi connectivity index (χ4v) is 2.12. The third-order valence-corrected chi connectivity index (χ3v) is 3.82. The smallest absolute Gasteiger partial charge is 0.220 e. The van der Waals surface area contributed by atoms with E-state index in [0.29, 0.717) is 12.1 Å². The molecule has 0 aromatic heterocycles. The van der Waals surface area contributed by atoms with Crippen molar-refractivity contribution in [3.05, 3.63) is 35.9 Å². The third kappa shape index (κ3) is 5.86. The summed E-state index contributed by atoms with van der Waals surface area (Å²) in [5.41, 5.74) is 6.05. The number of hydrogen-bond donors (Lipinski definition) is 2. The van der Waals surface area contributed by atoms with Gasteiger partial charge in [0.05, 0.1) is 5.54 Å². The lowest BCUT2D eigenvalue weighted by atomic mass is 9.92. The van der Waals surface area contributed by atoms with Crippen LogP contribution in [0.4, 0.5) is 0 Å². The van der Waals surface area contributed by atoms with Gasteiger partial charge in [-0.3, -0.25) is 9.59 Å². The molecule has 0 saturated heterocycles. The van der Waals surface area contributed by atoms with Crippen LogP contribution in [0.1, 0.15) is 49.9 Å². The summed E-state index contributed by atoms with van der Waals surface area (Å²) in [7, 11) is 0. The first-order chi connectivity index (χ1) is 9.56. The molecule has 0 unspecified atom stereocenters. The van der Waals surface area contributed by atoms with Gasteiger partial charge in [0.1, 0.15) is 0 Å². The first kappa shape index (κ1) is 19.6. The second-order valence-corrected chi connectivity index (χ2v) is 5.03. The molecule has 0 aliphatic carbocycles. The van der Waals surface area contributed by atoms with Crippen LogP contribution in [0.2, 0.25) is 0 Å². The Bertz CT molecular complexity index is 437. The van der Waals surface area contributed by atoms with E-state index >= 15 is 0 Å². The molecule has 0 fully saturated rings. The molecule has 0 bridgehead atoms. The molecule has 1 aromatic carbocycles. The maximum absolute atomic E-state index is 12.0. The topological polar surface area (TPSA) is 72.2 Å². The Balaban J connectivity index is 0.00000400. The van der Waals surface area contributed by atoms with Crippen molar-refractivity contribution in [1.29, 1.82) is 0 Å². The number of hydrogen-bond acceptors (Lipinski definition) is 3. The summed E-state index contributed by atoms with van der Waals surface area (Å²) in [6.07, 6.45) is 2.01. The average molecular weight is 313 g/mol. The summed E-state index contributed by atoms with van der Waals surface area (Å²) in [6.45, 7) is 4.43. The number of amides is 1. The lowest BCUT2D eigenvalue weighted by Gasteiger charge is -2.31. The maximum atomic E-state index is 12.0. The highest BCUT2D eigenvalue weighted by atomic mass is 35.5. The highest BCUT2D eigenvalue weighted by Gasteiger charge is 2.26. The number of halogens is 1. The van der Waals surface area contributed by atoms with Crippen molar-refractivity contribution < 1.29 is 9.59 Å². The molecule has 0 radical (unpaired) electrons. The lowest BCUT2D eigenvalue weighted by molar-refractivity contribution is -0.123. The predicted octanol–water partition coefficient (Wildman–Crippen LogP) is 2.71. The van der Waals surface area contributed by atoms with Crippen LogP contribution in [0, 0.1) is 0 Å². The molecule has 118 valence electrons. The number of Topliss-reactive ketones (excluding diaryl/α,β-unsaturated/α-hetero) is 1. The largest absolute Gasteiger partial charge is 0.349 e. The van der Waals surface area contributed by atoms with E-state index in [1.54, 1.807) is 12.1 Å². The SMILES string of the molecule is CCC(CC)(CN)NC(=O)CCC(=O)c1ccccc1.Cl. The zero-order valence-corrected chi connectivity index (χ0v) is 13.5. The molecule has 5 heteroatoms. The number of carbonyl (C=O) groups excluding carboxylic acids is 2. The molecule has 1 amide bonds. The van der Waals surface area contributed by atoms with E-state index in [2.05, 4.69) is 5.32 Å². The molecule has 1 rings (SSSR count). The van der Waals surface area contributed by atoms with Crippen LogP contribution in [0.3, 0.4) is 0 Å². The summed E-state index contributed by atoms with van der Waals surface area (Å²) in [5, 5.41) is 2.97. The molecular formula is C16H25ClN2O2. The fourth-order valence-electron chi connectivity index (χ4n) is 2.12. The molecule has 0 atom stereocenters. The molecule has 4 nitrogen and oxygen atoms in total. The normalized spacial score (nSPS) is 10.6. The molecular weight excluding hydrogens is 288 g/mol. The van der Waals surface area contributed by atoms with Crippen molar-refractivity contribution in [2.24, 2.45) is 5.73 Å². The number of nitrogens with two attached hydrogens (primary N) is 1. The van der Waals surface area contributed by atoms with E-state index in [9.17, 15) is 9.59 Å². The van der Waals surface area contributed by atoms with Crippen LogP contribution in [0.5, 0.6) is 0 Å². The summed E-state index contributed by atoms with van der Waals surface area (Å²) in [6, 6.07) is 9.04. The van der Waals surface area contributed by atoms with Crippen molar-refractivity contribution in [3.8, 4) is 0 Å². The van der Waals surface area contributed by atoms with Gasteiger partial charge in [-0.25, -0.2) is 0 Å². The zero-order chi connectivity index (χ0) is 15.0. The van der Waals surface area contributed by atoms with Gasteiger partial charge in [-0.2, -0.15) is 0 Å². The third-order valence-electron chi connectivity index (χ3n) is 3.82. The highest BCUT2D eigenvalue weighted by Crippen LogP contribution is 2.14. The fraction of sp³-hybridized carbons (Fsp3) is 0.500. The second-order valence-electron chi connectivity index (χ2n) is 5.03. The Morgan fingerprint density at radius 3 is 2.14 bits per heavy atom. The van der Waals surface area contributed by atoms with Gasteiger partial charge in [0, 0.05) is 24.9 Å². The number of benzene rings is 1. The Kier molecular flexibility index (Phi) is 8.90. The van der Waals surface area contributed by atoms with Gasteiger partial charge in [-0.15, -0.1) is 12.4 Å². The maximum Gasteiger partial charge on any atom is 0.220 e. The van der Waals surface area contributed by atoms with Crippen LogP contribution < -0.4 is 11.1 Å². The molecule has 21 heavy (non-hydrogen) atoms. The van der Waals surface area contributed by atoms with Gasteiger partial charge in [-0.05, 0) is 12.8 Å². The van der Waals surface area contributed by atoms with Gasteiger partial charge in [0.2, 0.25) is 5.91 Å². The number of nitrogens with one attached hydrogen (secondary N) is 1. The standard InChI is InChI=1S/C16H24N2O2.ClH/c1-3-16(4-2,12-17)18-15(20)11-10-14(19)13-8-6-5-7-9-13;/h5-9H,3-4,10-12,17H2,1-2H3,(H,18,20);1H. The minimum absolute atomic E-state index is 0. The molecule has 0 aliphatic rings. The van der Waals surface area contributed by atoms with Crippen molar-refractivity contribution >= 4 is 24.1 Å². The van der Waals surface area contributed by atoms with Crippen molar-refractivity contribution in [1.82, 2.24) is 5.32 Å². The number of ketones is 1. The van der Waals surface area contributed by atoms with Gasteiger partial charge in [0.25, 0.3) is 0 Å². The van der Waals surface area contributed by atoms with Crippen molar-refractivity contribution in [2.45, 2.75) is 45.1 Å². The van der Waals surface area contributed by atoms with Gasteiger partial charge in [0.15, 0.2) is 5.78 Å². The van der Waals surface area contributed by atoms with Gasteiger partial charge < -0.3 is 11.1 Å². The average Bonchev–Trinajstić information content (AvgIpc) is 2.51. The van der Waals surface area contributed by atoms with Crippen LogP contribution in [-0.2, 0) is 4.79 Å². The van der Waals surface area contributed by atoms with E-state index in [0.717, 1.165) is 12.8 Å². The van der Waals surface area contributed by atoms with Crippen molar-refractivity contribution in [2.75, 3.05) is 6.54 Å². The molecule has 0 heterocycles. The quantitative estimate of drug-likeness (QED) is 0.725. The second kappa shape index (κ2) is 9.53. The first-order valence-electron chi connectivity index (χ1n) is 7.16. The molecule has 1 aromatic rings. The van der Waals surface area contributed by atoms with E-state index < -0.39 is 0 Å². The highest BCUT2D eigenvalue weighted by molar-refractivity contribution is 5.97. The van der Waals surface area contributed by atoms with Crippen LogP contribution in [-0.4, -0.2) is 23.8 Å². The summed E-state index contributed by atoms with van der Waals surface area (Å²) < 4.78 is 0. The Hall–Kier alpha value is -1.39. The van der Waals surface area contributed by atoms with E-state index in [1.807, 2.05) is 32.0 Å². The number of carbonyl (C=O) groups is 2. The van der Waals surface area contributed by atoms with Crippen LogP contribution >= 0.6 is 12.4 Å². The Morgan fingerprint density at radius 1 is 1.10 bits per heavy atom. The van der Waals surface area contributed by atoms with Crippen LogP contribution in [0.25, 0.3) is 0 Å². The van der Waals surface area contributed by atoms with Crippen molar-refractivity contribution in [3.63, 3.8) is 0 Å². The minimum atomic E-state index is -0.340. The summed E-state index contributed by atoms with van der Waals surface area (Å²) in [4.78, 5) is 23.9. The van der Waals surface area contributed by atoms with E-state index in [-0.39, 0.29) is 42.5 Å². The summed E-state index contributed by atoms with van der Waals surface area (Å²) >= 11 is 0. The van der Waals surface area contributed by atoms with Gasteiger partial charge in [-0.1, -0.05) is 44.2 Å². The summed E-state index contributed by atoms with van der Waals surface area (Å²) in [5.74, 6) is -0.115. The van der Waals surface area contributed by atoms with E-state index in [1.165, 1.54) is 0 Å². The van der Waals surface area contributed by atoms with E-state index in [4.69, 9.17) is 5.73 Å². The number of rotatable bonds is 8. The molecule has 0 saturated carbocycles. The predicted molar refractivity (Wildman–Crippen MR) is 87.8 cm³/mol. The monoisotopic (exact) mass is 312 g/mol. The minimum Gasteiger partial charge on any atom is -0.349 e. The molecule has 0 aliphatic heterocycles. The van der Waals surface area contributed by atoms with Gasteiger partial charge >= 0.3 is 0 Å². The van der Waals surface area contributed by atoms with Crippen LogP contribution in [0.15, 0.2) is 30.3 Å². The lowest BCUT2D eigenvalue weighted by Crippen LogP contribution is -2.52. The first-order valence-corrected chi connectivity index (χ1v) is 7.16. The molecule has 0 spiro atoms. The zero-order valence-electron chi connectivity index (χ0n) is 12.7. The Morgan fingerprint density at radius 2 is 1.67 bits per heavy atom.